The van der Waals surface area contributed by atoms with E-state index in [1.807, 2.05) is 25.1 Å². The summed E-state index contributed by atoms with van der Waals surface area (Å²) in [6.45, 7) is 2.61. The van der Waals surface area contributed by atoms with Crippen molar-refractivity contribution in [3.05, 3.63) is 64.3 Å². The molecule has 0 aliphatic rings. The molecule has 3 rings (SSSR count). The molecule has 0 aliphatic heterocycles. The van der Waals surface area contributed by atoms with Crippen LogP contribution in [0, 0.1) is 0 Å². The molecule has 0 radical (unpaired) electrons. The molecule has 0 aliphatic carbocycles. The van der Waals surface area contributed by atoms with Crippen molar-refractivity contribution in [3.8, 4) is 17.0 Å². The quantitative estimate of drug-likeness (QED) is 0.523. The first kappa shape index (κ1) is 19.4. The van der Waals surface area contributed by atoms with E-state index in [9.17, 15) is 13.2 Å². The van der Waals surface area contributed by atoms with Crippen molar-refractivity contribution < 1.29 is 17.9 Å². The third kappa shape index (κ3) is 4.50. The van der Waals surface area contributed by atoms with Crippen molar-refractivity contribution in [2.45, 2.75) is 25.6 Å². The van der Waals surface area contributed by atoms with Crippen molar-refractivity contribution in [2.75, 3.05) is 7.11 Å². The fourth-order valence-electron chi connectivity index (χ4n) is 2.82. The first-order valence-corrected chi connectivity index (χ1v) is 8.98. The van der Waals surface area contributed by atoms with Crippen LogP contribution in [-0.2, 0) is 12.7 Å². The lowest BCUT2D eigenvalue weighted by molar-refractivity contribution is -0.137. The molecule has 1 atom stereocenters. The zero-order valence-electron chi connectivity index (χ0n) is 14.7. The van der Waals surface area contributed by atoms with Gasteiger partial charge in [0.25, 0.3) is 0 Å². The summed E-state index contributed by atoms with van der Waals surface area (Å²) >= 11 is 3.42. The molecular weight excluding hydrogens is 423 g/mol. The first-order valence-electron chi connectivity index (χ1n) is 8.19. The predicted molar refractivity (Wildman–Crippen MR) is 99.6 cm³/mol. The zero-order chi connectivity index (χ0) is 19.6. The van der Waals surface area contributed by atoms with Gasteiger partial charge < -0.3 is 4.74 Å². The summed E-state index contributed by atoms with van der Waals surface area (Å²) in [5, 5.41) is 8.17. The molecule has 0 unspecified atom stereocenters. The molecule has 4 nitrogen and oxygen atoms in total. The Morgan fingerprint density at radius 3 is 2.48 bits per heavy atom. The van der Waals surface area contributed by atoms with Crippen LogP contribution in [0.25, 0.3) is 11.3 Å². The second-order valence-corrected chi connectivity index (χ2v) is 7.10. The molecule has 3 aromatic rings. The lowest BCUT2D eigenvalue weighted by atomic mass is 10.0. The first-order chi connectivity index (χ1) is 12.8. The van der Waals surface area contributed by atoms with Crippen molar-refractivity contribution in [1.29, 1.82) is 0 Å². The summed E-state index contributed by atoms with van der Waals surface area (Å²) in [7, 11) is 1.62. The Bertz CT molecular complexity index is 923. The second kappa shape index (κ2) is 7.72. The van der Waals surface area contributed by atoms with Crippen molar-refractivity contribution in [2.24, 2.45) is 0 Å². The lowest BCUT2D eigenvalue weighted by Crippen LogP contribution is -2.08. The van der Waals surface area contributed by atoms with E-state index in [-0.39, 0.29) is 5.92 Å². The zero-order valence-corrected chi connectivity index (χ0v) is 16.3. The van der Waals surface area contributed by atoms with Gasteiger partial charge in [0.05, 0.1) is 18.9 Å². The van der Waals surface area contributed by atoms with E-state index >= 15 is 0 Å². The summed E-state index contributed by atoms with van der Waals surface area (Å²) in [6, 6.07) is 10.7. The molecule has 0 spiro atoms. The van der Waals surface area contributed by atoms with Gasteiger partial charge in [-0.1, -0.05) is 46.3 Å². The van der Waals surface area contributed by atoms with Crippen LogP contribution in [0.3, 0.4) is 0 Å². The van der Waals surface area contributed by atoms with E-state index < -0.39 is 11.7 Å². The van der Waals surface area contributed by atoms with Gasteiger partial charge in [-0.15, -0.1) is 5.10 Å². The topological polar surface area (TPSA) is 39.9 Å². The van der Waals surface area contributed by atoms with Gasteiger partial charge in [0.1, 0.15) is 11.4 Å². The van der Waals surface area contributed by atoms with Crippen LogP contribution < -0.4 is 4.74 Å². The van der Waals surface area contributed by atoms with Gasteiger partial charge in [-0.25, -0.2) is 0 Å². The third-order valence-corrected chi connectivity index (χ3v) is 4.73. The number of aromatic nitrogens is 3. The molecule has 0 fully saturated rings. The van der Waals surface area contributed by atoms with Gasteiger partial charge >= 0.3 is 6.18 Å². The van der Waals surface area contributed by atoms with Crippen molar-refractivity contribution in [3.63, 3.8) is 0 Å². The van der Waals surface area contributed by atoms with E-state index in [1.165, 1.54) is 12.1 Å². The number of halogens is 4. The van der Waals surface area contributed by atoms with Gasteiger partial charge in [-0.2, -0.15) is 13.2 Å². The normalized spacial score (nSPS) is 12.8. The fourth-order valence-corrected chi connectivity index (χ4v) is 3.16. The van der Waals surface area contributed by atoms with Crippen molar-refractivity contribution >= 4 is 15.9 Å². The molecule has 142 valence electrons. The average molecular weight is 440 g/mol. The van der Waals surface area contributed by atoms with Gasteiger partial charge in [-0.3, -0.25) is 4.68 Å². The van der Waals surface area contributed by atoms with Gasteiger partial charge in [0, 0.05) is 22.5 Å². The second-order valence-electron chi connectivity index (χ2n) is 6.19. The Morgan fingerprint density at radius 2 is 1.85 bits per heavy atom. The van der Waals surface area contributed by atoms with Crippen LogP contribution in [0.4, 0.5) is 13.2 Å². The highest BCUT2D eigenvalue weighted by Crippen LogP contribution is 2.32. The predicted octanol–water partition coefficient (Wildman–Crippen LogP) is 5.54. The number of hydrogen-bond acceptors (Lipinski definition) is 3. The minimum absolute atomic E-state index is 0.107. The summed E-state index contributed by atoms with van der Waals surface area (Å²) in [6.07, 6.45) is -2.63. The maximum Gasteiger partial charge on any atom is 0.416 e. The van der Waals surface area contributed by atoms with Crippen LogP contribution in [0.15, 0.2) is 53.1 Å². The van der Waals surface area contributed by atoms with E-state index in [0.717, 1.165) is 27.9 Å². The summed E-state index contributed by atoms with van der Waals surface area (Å²) in [4.78, 5) is 0. The fraction of sp³-hybridized carbons (Fsp3) is 0.263. The molecule has 2 aromatic carbocycles. The number of benzene rings is 2. The molecule has 0 N–H and O–H groups in total. The lowest BCUT2D eigenvalue weighted by Gasteiger charge is -2.15. The Kier molecular flexibility index (Phi) is 5.55. The molecule has 1 aromatic heterocycles. The summed E-state index contributed by atoms with van der Waals surface area (Å²) in [5.41, 5.74) is 1.46. The Hall–Kier alpha value is -2.35. The molecule has 8 heteroatoms. The van der Waals surface area contributed by atoms with Crippen LogP contribution >= 0.6 is 15.9 Å². The highest BCUT2D eigenvalue weighted by Gasteiger charge is 2.30. The van der Waals surface area contributed by atoms with Gasteiger partial charge in [0.15, 0.2) is 0 Å². The summed E-state index contributed by atoms with van der Waals surface area (Å²) in [5.74, 6) is 0.884. The van der Waals surface area contributed by atoms with E-state index in [1.54, 1.807) is 18.0 Å². The highest BCUT2D eigenvalue weighted by molar-refractivity contribution is 9.10. The van der Waals surface area contributed by atoms with E-state index in [0.29, 0.717) is 17.8 Å². The van der Waals surface area contributed by atoms with Crippen LogP contribution in [0.2, 0.25) is 0 Å². The molecule has 0 amide bonds. The molecule has 1 heterocycles. The minimum Gasteiger partial charge on any atom is -0.496 e. The third-order valence-electron chi connectivity index (χ3n) is 4.23. The smallest absolute Gasteiger partial charge is 0.416 e. The number of ether oxygens (including phenoxy) is 1. The maximum atomic E-state index is 12.7. The standard InChI is InChI=1S/C19H17BrF3N3O/c1-12(16-8-7-15(20)9-18(16)27-2)10-26-11-17(24-25-26)13-3-5-14(6-4-13)19(21,22)23/h3-9,11-12H,10H2,1-2H3/t12-/m0/s1. The number of hydrogen-bond donors (Lipinski definition) is 0. The number of methoxy groups -OCH3 is 1. The molecule has 27 heavy (non-hydrogen) atoms. The molecule has 0 saturated carbocycles. The highest BCUT2D eigenvalue weighted by atomic mass is 79.9. The number of alkyl halides is 3. The largest absolute Gasteiger partial charge is 0.496 e. The van der Waals surface area contributed by atoms with Gasteiger partial charge in [-0.05, 0) is 29.8 Å². The number of nitrogens with zero attached hydrogens (tertiary/aromatic N) is 3. The van der Waals surface area contributed by atoms with Crippen LogP contribution in [0.1, 0.15) is 24.0 Å². The minimum atomic E-state index is -4.35. The average Bonchev–Trinajstić information content (AvgIpc) is 3.09. The van der Waals surface area contributed by atoms with Crippen molar-refractivity contribution in [1.82, 2.24) is 15.0 Å². The Balaban J connectivity index is 1.76. The monoisotopic (exact) mass is 439 g/mol. The number of rotatable bonds is 5. The maximum absolute atomic E-state index is 12.7. The van der Waals surface area contributed by atoms with E-state index in [4.69, 9.17) is 4.74 Å². The summed E-state index contributed by atoms with van der Waals surface area (Å²) < 4.78 is 46.1. The van der Waals surface area contributed by atoms with Crippen LogP contribution in [-0.4, -0.2) is 22.1 Å². The van der Waals surface area contributed by atoms with Crippen LogP contribution in [0.5, 0.6) is 5.75 Å². The van der Waals surface area contributed by atoms with Gasteiger partial charge in [0.2, 0.25) is 0 Å². The Morgan fingerprint density at radius 1 is 1.15 bits per heavy atom. The Labute approximate surface area is 163 Å². The molecule has 0 bridgehead atoms. The van der Waals surface area contributed by atoms with E-state index in [2.05, 4.69) is 26.2 Å². The SMILES string of the molecule is COc1cc(Br)ccc1[C@@H](C)Cn1cc(-c2ccc(C(F)(F)F)cc2)nn1. The molecular formula is C19H17BrF3N3O. The molecule has 0 saturated heterocycles.